The Labute approximate surface area is 128 Å². The Morgan fingerprint density at radius 3 is 3.00 bits per heavy atom. The number of halogens is 1. The van der Waals surface area contributed by atoms with Crippen molar-refractivity contribution in [2.45, 2.75) is 18.9 Å². The van der Waals surface area contributed by atoms with E-state index in [1.807, 2.05) is 0 Å². The van der Waals surface area contributed by atoms with Crippen molar-refractivity contribution < 1.29 is 19.1 Å². The van der Waals surface area contributed by atoms with E-state index in [9.17, 15) is 9.59 Å². The average molecular weight is 353 g/mol. The van der Waals surface area contributed by atoms with E-state index < -0.39 is 12.1 Å². The van der Waals surface area contributed by atoms with Gasteiger partial charge in [-0.25, -0.2) is 4.79 Å². The Balaban J connectivity index is 1.81. The number of hydrogen-bond donors (Lipinski definition) is 2. The van der Waals surface area contributed by atoms with Gasteiger partial charge < -0.3 is 14.8 Å². The minimum atomic E-state index is -1.06. The third-order valence-electron chi connectivity index (χ3n) is 3.57. The number of carbonyl (C=O) groups excluding carboxylic acids is 1. The van der Waals surface area contributed by atoms with Crippen molar-refractivity contribution in [2.24, 2.45) is 0 Å². The second kappa shape index (κ2) is 5.40. The molecule has 0 radical (unpaired) electrons. The fraction of sp³-hybridized carbons (Fsp3) is 0.286. The number of nitrogens with zero attached hydrogens (tertiary/aromatic N) is 1. The molecule has 2 heterocycles. The Hall–Kier alpha value is -2.02. The van der Waals surface area contributed by atoms with Gasteiger partial charge >= 0.3 is 6.09 Å². The van der Waals surface area contributed by atoms with Crippen molar-refractivity contribution in [1.82, 2.24) is 4.90 Å². The molecule has 3 rings (SSSR count). The number of carboxylic acid groups (broad SMARTS) is 1. The van der Waals surface area contributed by atoms with E-state index in [-0.39, 0.29) is 5.91 Å². The third-order valence-corrected chi connectivity index (χ3v) is 4.16. The van der Waals surface area contributed by atoms with Crippen LogP contribution in [0.5, 0.6) is 0 Å². The Morgan fingerprint density at radius 2 is 2.24 bits per heavy atom. The van der Waals surface area contributed by atoms with E-state index >= 15 is 0 Å². The summed E-state index contributed by atoms with van der Waals surface area (Å²) in [6.07, 6.45) is 1.77. The first-order chi connectivity index (χ1) is 10.1. The van der Waals surface area contributed by atoms with Crippen LogP contribution in [0.4, 0.5) is 10.5 Å². The van der Waals surface area contributed by atoms with Crippen LogP contribution in [0.25, 0.3) is 11.0 Å². The van der Waals surface area contributed by atoms with E-state index in [1.54, 1.807) is 24.5 Å². The molecule has 1 aromatic carbocycles. The number of rotatable bonds is 2. The fourth-order valence-electron chi connectivity index (χ4n) is 2.60. The zero-order chi connectivity index (χ0) is 15.0. The van der Waals surface area contributed by atoms with Crippen LogP contribution in [0.15, 0.2) is 33.4 Å². The van der Waals surface area contributed by atoms with E-state index in [4.69, 9.17) is 9.52 Å². The van der Waals surface area contributed by atoms with Gasteiger partial charge in [0.1, 0.15) is 11.6 Å². The number of likely N-dealkylation sites (tertiary alicyclic amines) is 1. The van der Waals surface area contributed by atoms with Crippen molar-refractivity contribution in [3.63, 3.8) is 0 Å². The SMILES string of the molecule is O=C(Nc1cc(Br)c2occc2c1)[C@@H]1CCCN1C(=O)O. The number of carbonyl (C=O) groups is 2. The van der Waals surface area contributed by atoms with Crippen molar-refractivity contribution in [1.29, 1.82) is 0 Å². The molecule has 2 aromatic rings. The third kappa shape index (κ3) is 2.61. The summed E-state index contributed by atoms with van der Waals surface area (Å²) in [6, 6.07) is 4.71. The summed E-state index contributed by atoms with van der Waals surface area (Å²) in [4.78, 5) is 24.5. The normalized spacial score (nSPS) is 18.1. The maximum atomic E-state index is 12.3. The summed E-state index contributed by atoms with van der Waals surface area (Å²) in [6.45, 7) is 0.401. The maximum absolute atomic E-state index is 12.3. The molecule has 1 aliphatic heterocycles. The van der Waals surface area contributed by atoms with E-state index in [1.165, 1.54) is 4.90 Å². The van der Waals surface area contributed by atoms with Crippen LogP contribution >= 0.6 is 15.9 Å². The minimum absolute atomic E-state index is 0.301. The number of fused-ring (bicyclic) bond motifs is 1. The molecule has 1 fully saturated rings. The number of furan rings is 1. The van der Waals surface area contributed by atoms with Crippen molar-refractivity contribution in [3.05, 3.63) is 28.9 Å². The summed E-state index contributed by atoms with van der Waals surface area (Å²) in [5, 5.41) is 12.7. The molecule has 2 amide bonds. The Morgan fingerprint density at radius 1 is 1.43 bits per heavy atom. The molecule has 0 saturated carbocycles. The molecule has 0 bridgehead atoms. The Bertz CT molecular complexity index is 712. The lowest BCUT2D eigenvalue weighted by atomic mass is 10.2. The first-order valence-corrected chi connectivity index (χ1v) is 7.33. The van der Waals surface area contributed by atoms with Gasteiger partial charge in [-0.2, -0.15) is 0 Å². The molecule has 0 unspecified atom stereocenters. The highest BCUT2D eigenvalue weighted by Crippen LogP contribution is 2.29. The molecule has 1 aliphatic rings. The minimum Gasteiger partial charge on any atom is -0.465 e. The van der Waals surface area contributed by atoms with Crippen molar-refractivity contribution >= 4 is 44.6 Å². The lowest BCUT2D eigenvalue weighted by molar-refractivity contribution is -0.119. The van der Waals surface area contributed by atoms with Crippen molar-refractivity contribution in [2.75, 3.05) is 11.9 Å². The molecule has 0 spiro atoms. The van der Waals surface area contributed by atoms with Crippen LogP contribution in [0, 0.1) is 0 Å². The molecule has 1 aromatic heterocycles. The summed E-state index contributed by atoms with van der Waals surface area (Å²) in [7, 11) is 0. The van der Waals surface area contributed by atoms with E-state index in [0.717, 1.165) is 9.86 Å². The van der Waals surface area contributed by atoms with Gasteiger partial charge in [0.25, 0.3) is 0 Å². The first-order valence-electron chi connectivity index (χ1n) is 6.53. The van der Waals surface area contributed by atoms with E-state index in [2.05, 4.69) is 21.2 Å². The van der Waals surface area contributed by atoms with Gasteiger partial charge in [-0.15, -0.1) is 0 Å². The van der Waals surface area contributed by atoms with Crippen LogP contribution in [0.2, 0.25) is 0 Å². The summed E-state index contributed by atoms with van der Waals surface area (Å²) < 4.78 is 6.05. The zero-order valence-electron chi connectivity index (χ0n) is 11.0. The number of nitrogens with one attached hydrogen (secondary N) is 1. The second-order valence-corrected chi connectivity index (χ2v) is 5.77. The summed E-state index contributed by atoms with van der Waals surface area (Å²) >= 11 is 3.39. The monoisotopic (exact) mass is 352 g/mol. The van der Waals surface area contributed by atoms with Crippen LogP contribution < -0.4 is 5.32 Å². The molecular weight excluding hydrogens is 340 g/mol. The topological polar surface area (TPSA) is 82.8 Å². The summed E-state index contributed by atoms with van der Waals surface area (Å²) in [5.74, 6) is -0.301. The predicted octanol–water partition coefficient (Wildman–Crippen LogP) is 3.28. The number of anilines is 1. The lowest BCUT2D eigenvalue weighted by Crippen LogP contribution is -2.42. The molecular formula is C14H13BrN2O4. The molecule has 6 nitrogen and oxygen atoms in total. The van der Waals surface area contributed by atoms with Gasteiger partial charge in [0.2, 0.25) is 5.91 Å². The fourth-order valence-corrected chi connectivity index (χ4v) is 3.17. The summed E-state index contributed by atoms with van der Waals surface area (Å²) in [5.41, 5.74) is 1.32. The van der Waals surface area contributed by atoms with Crippen LogP contribution in [0.3, 0.4) is 0 Å². The molecule has 110 valence electrons. The quantitative estimate of drug-likeness (QED) is 0.868. The lowest BCUT2D eigenvalue weighted by Gasteiger charge is -2.20. The highest BCUT2D eigenvalue weighted by atomic mass is 79.9. The molecule has 7 heteroatoms. The number of amides is 2. The van der Waals surface area contributed by atoms with Gasteiger partial charge in [-0.3, -0.25) is 9.69 Å². The smallest absolute Gasteiger partial charge is 0.407 e. The van der Waals surface area contributed by atoms with Gasteiger partial charge in [0, 0.05) is 17.6 Å². The van der Waals surface area contributed by atoms with Gasteiger partial charge in [0.15, 0.2) is 0 Å². The van der Waals surface area contributed by atoms with Crippen LogP contribution in [0.1, 0.15) is 12.8 Å². The number of hydrogen-bond acceptors (Lipinski definition) is 3. The maximum Gasteiger partial charge on any atom is 0.407 e. The molecule has 1 atom stereocenters. The van der Waals surface area contributed by atoms with Crippen LogP contribution in [-0.4, -0.2) is 34.6 Å². The predicted molar refractivity (Wildman–Crippen MR) is 80.3 cm³/mol. The van der Waals surface area contributed by atoms with Gasteiger partial charge in [-0.05, 0) is 47.0 Å². The van der Waals surface area contributed by atoms with Gasteiger partial charge in [-0.1, -0.05) is 0 Å². The molecule has 2 N–H and O–H groups in total. The van der Waals surface area contributed by atoms with E-state index in [0.29, 0.717) is 30.7 Å². The largest absolute Gasteiger partial charge is 0.465 e. The number of benzene rings is 1. The zero-order valence-corrected chi connectivity index (χ0v) is 12.6. The van der Waals surface area contributed by atoms with Crippen molar-refractivity contribution in [3.8, 4) is 0 Å². The van der Waals surface area contributed by atoms with Crippen LogP contribution in [-0.2, 0) is 4.79 Å². The standard InChI is InChI=1S/C14H13BrN2O4/c15-10-7-9(6-8-3-5-21-12(8)10)16-13(18)11-2-1-4-17(11)14(19)20/h3,5-7,11H,1-2,4H2,(H,16,18)(H,19,20)/t11-/m0/s1. The molecule has 21 heavy (non-hydrogen) atoms. The highest BCUT2D eigenvalue weighted by Gasteiger charge is 2.34. The second-order valence-electron chi connectivity index (χ2n) is 4.92. The first kappa shape index (κ1) is 13.9. The highest BCUT2D eigenvalue weighted by molar-refractivity contribution is 9.10. The average Bonchev–Trinajstić information content (AvgIpc) is 3.07. The molecule has 1 saturated heterocycles. The Kier molecular flexibility index (Phi) is 3.59. The molecule has 0 aliphatic carbocycles. The van der Waals surface area contributed by atoms with Gasteiger partial charge in [0.05, 0.1) is 10.7 Å².